The Kier molecular flexibility index (Phi) is 5.13. The van der Waals surface area contributed by atoms with Gasteiger partial charge < -0.3 is 14.8 Å². The molecule has 8 heteroatoms. The van der Waals surface area contributed by atoms with E-state index in [0.717, 1.165) is 0 Å². The van der Waals surface area contributed by atoms with Crippen molar-refractivity contribution in [3.05, 3.63) is 0 Å². The maximum Gasteiger partial charge on any atom is 0.377 e. The summed E-state index contributed by atoms with van der Waals surface area (Å²) in [6, 6.07) is 0. The molecule has 1 heterocycles. The van der Waals surface area contributed by atoms with Crippen molar-refractivity contribution in [2.24, 2.45) is 0 Å². The van der Waals surface area contributed by atoms with Crippen LogP contribution >= 0.6 is 0 Å². The number of halogens is 4. The van der Waals surface area contributed by atoms with Crippen LogP contribution < -0.4 is 5.32 Å². The molecule has 17 heavy (non-hydrogen) atoms. The molecule has 1 saturated heterocycles. The number of hydrogen-bond donors (Lipinski definition) is 1. The molecule has 1 atom stereocenters. The second kappa shape index (κ2) is 6.15. The van der Waals surface area contributed by atoms with Gasteiger partial charge in [0, 0.05) is 13.1 Å². The van der Waals surface area contributed by atoms with Crippen LogP contribution in [0.4, 0.5) is 17.6 Å². The van der Waals surface area contributed by atoms with Crippen molar-refractivity contribution in [2.45, 2.75) is 24.9 Å². The van der Waals surface area contributed by atoms with Crippen molar-refractivity contribution in [1.82, 2.24) is 5.32 Å². The van der Waals surface area contributed by atoms with Crippen LogP contribution in [0.15, 0.2) is 0 Å². The average Bonchev–Trinajstić information content (AvgIpc) is 2.46. The first kappa shape index (κ1) is 14.2. The zero-order valence-electron chi connectivity index (χ0n) is 8.93. The van der Waals surface area contributed by atoms with Crippen molar-refractivity contribution < 1.29 is 31.8 Å². The van der Waals surface area contributed by atoms with Crippen LogP contribution in [0.1, 0.15) is 6.42 Å². The maximum atomic E-state index is 12.7. The van der Waals surface area contributed by atoms with Crippen LogP contribution in [-0.4, -0.2) is 50.7 Å². The highest BCUT2D eigenvalue weighted by Crippen LogP contribution is 2.30. The second-order valence-electron chi connectivity index (χ2n) is 3.61. The fourth-order valence-corrected chi connectivity index (χ4v) is 1.34. The summed E-state index contributed by atoms with van der Waals surface area (Å²) in [6.07, 6.45) is -4.06. The summed E-state index contributed by atoms with van der Waals surface area (Å²) in [5.41, 5.74) is 0. The van der Waals surface area contributed by atoms with Crippen molar-refractivity contribution in [1.29, 1.82) is 0 Å². The van der Waals surface area contributed by atoms with Crippen LogP contribution in [0.25, 0.3) is 0 Å². The number of carbonyl (C=O) groups excluding carboxylic acids is 1. The standard InChI is InChI=1S/C9H13F4NO3/c10-7(11)5-16-2-1-14-4-6-3-9(12,13)8(15)17-6/h6-7,14H,1-5H2. The molecule has 0 aromatic heterocycles. The van der Waals surface area contributed by atoms with Gasteiger partial charge in [-0.25, -0.2) is 13.6 Å². The van der Waals surface area contributed by atoms with Gasteiger partial charge in [-0.1, -0.05) is 0 Å². The summed E-state index contributed by atoms with van der Waals surface area (Å²) in [5.74, 6) is -4.93. The van der Waals surface area contributed by atoms with E-state index in [-0.39, 0.29) is 19.7 Å². The highest BCUT2D eigenvalue weighted by molar-refractivity contribution is 5.79. The topological polar surface area (TPSA) is 47.6 Å². The van der Waals surface area contributed by atoms with E-state index < -0.39 is 37.4 Å². The Morgan fingerprint density at radius 3 is 2.76 bits per heavy atom. The Morgan fingerprint density at radius 1 is 1.53 bits per heavy atom. The van der Waals surface area contributed by atoms with Gasteiger partial charge in [0.1, 0.15) is 12.7 Å². The molecule has 1 fully saturated rings. The largest absolute Gasteiger partial charge is 0.456 e. The Labute approximate surface area is 95.3 Å². The lowest BCUT2D eigenvalue weighted by molar-refractivity contribution is -0.159. The molecule has 0 spiro atoms. The lowest BCUT2D eigenvalue weighted by atomic mass is 10.2. The first-order chi connectivity index (χ1) is 7.92. The number of hydrogen-bond acceptors (Lipinski definition) is 4. The SMILES string of the molecule is O=C1OC(CNCCOCC(F)F)CC1(F)F. The second-order valence-corrected chi connectivity index (χ2v) is 3.61. The molecular formula is C9H13F4NO3. The molecule has 0 amide bonds. The number of nitrogens with one attached hydrogen (secondary N) is 1. The minimum Gasteiger partial charge on any atom is -0.456 e. The van der Waals surface area contributed by atoms with Crippen LogP contribution in [0, 0.1) is 0 Å². The van der Waals surface area contributed by atoms with Gasteiger partial charge in [0.05, 0.1) is 13.0 Å². The Bertz CT molecular complexity index is 263. The maximum absolute atomic E-state index is 12.7. The number of cyclic esters (lactones) is 1. The summed E-state index contributed by atoms with van der Waals surface area (Å²) in [7, 11) is 0. The molecule has 0 saturated carbocycles. The van der Waals surface area contributed by atoms with Crippen molar-refractivity contribution >= 4 is 5.97 Å². The van der Waals surface area contributed by atoms with Crippen LogP contribution in [0.2, 0.25) is 0 Å². The van der Waals surface area contributed by atoms with Crippen LogP contribution in [-0.2, 0) is 14.3 Å². The summed E-state index contributed by atoms with van der Waals surface area (Å²) >= 11 is 0. The number of rotatable bonds is 7. The first-order valence-corrected chi connectivity index (χ1v) is 5.07. The van der Waals surface area contributed by atoms with E-state index in [1.807, 2.05) is 0 Å². The Balaban J connectivity index is 2.03. The molecule has 1 aliphatic heterocycles. The van der Waals surface area contributed by atoms with E-state index in [0.29, 0.717) is 0 Å². The fourth-order valence-electron chi connectivity index (χ4n) is 1.34. The van der Waals surface area contributed by atoms with Crippen LogP contribution in [0.3, 0.4) is 0 Å². The zero-order chi connectivity index (χ0) is 12.9. The first-order valence-electron chi connectivity index (χ1n) is 5.07. The molecule has 1 aliphatic rings. The number of carbonyl (C=O) groups is 1. The molecule has 0 aromatic carbocycles. The zero-order valence-corrected chi connectivity index (χ0v) is 8.93. The monoisotopic (exact) mass is 259 g/mol. The molecule has 0 aliphatic carbocycles. The quantitative estimate of drug-likeness (QED) is 0.417. The third kappa shape index (κ3) is 4.86. The number of alkyl halides is 4. The smallest absolute Gasteiger partial charge is 0.377 e. The molecule has 1 N–H and O–H groups in total. The highest BCUT2D eigenvalue weighted by atomic mass is 19.3. The lowest BCUT2D eigenvalue weighted by Crippen LogP contribution is -2.30. The molecular weight excluding hydrogens is 246 g/mol. The van der Waals surface area contributed by atoms with E-state index >= 15 is 0 Å². The minimum atomic E-state index is -3.42. The predicted octanol–water partition coefficient (Wildman–Crippen LogP) is 0.808. The predicted molar refractivity (Wildman–Crippen MR) is 49.1 cm³/mol. The van der Waals surface area contributed by atoms with Gasteiger partial charge in [0.25, 0.3) is 6.43 Å². The van der Waals surface area contributed by atoms with Gasteiger partial charge in [0.15, 0.2) is 0 Å². The van der Waals surface area contributed by atoms with Gasteiger partial charge >= 0.3 is 11.9 Å². The molecule has 100 valence electrons. The van der Waals surface area contributed by atoms with Gasteiger partial charge in [-0.05, 0) is 0 Å². The molecule has 4 nitrogen and oxygen atoms in total. The van der Waals surface area contributed by atoms with Gasteiger partial charge in [-0.3, -0.25) is 0 Å². The summed E-state index contributed by atoms with van der Waals surface area (Å²) in [5, 5.41) is 2.68. The minimum absolute atomic E-state index is 0.0431. The molecule has 1 unspecified atom stereocenters. The van der Waals surface area contributed by atoms with E-state index in [4.69, 9.17) is 0 Å². The molecule has 0 aromatic rings. The Hall–Kier alpha value is -0.890. The van der Waals surface area contributed by atoms with E-state index in [9.17, 15) is 22.4 Å². The van der Waals surface area contributed by atoms with E-state index in [1.54, 1.807) is 0 Å². The molecule has 0 radical (unpaired) electrons. The van der Waals surface area contributed by atoms with Crippen molar-refractivity contribution in [2.75, 3.05) is 26.3 Å². The van der Waals surface area contributed by atoms with E-state index in [2.05, 4.69) is 14.8 Å². The fraction of sp³-hybridized carbons (Fsp3) is 0.889. The number of esters is 1. The van der Waals surface area contributed by atoms with Gasteiger partial charge in [0.2, 0.25) is 0 Å². The summed E-state index contributed by atoms with van der Waals surface area (Å²) < 4.78 is 57.6. The van der Waals surface area contributed by atoms with Crippen molar-refractivity contribution in [3.63, 3.8) is 0 Å². The van der Waals surface area contributed by atoms with E-state index in [1.165, 1.54) is 0 Å². The summed E-state index contributed by atoms with van der Waals surface area (Å²) in [4.78, 5) is 10.6. The highest BCUT2D eigenvalue weighted by Gasteiger charge is 2.50. The summed E-state index contributed by atoms with van der Waals surface area (Å²) in [6.45, 7) is -0.328. The third-order valence-electron chi connectivity index (χ3n) is 2.10. The number of ether oxygens (including phenoxy) is 2. The molecule has 1 rings (SSSR count). The molecule has 0 bridgehead atoms. The average molecular weight is 259 g/mol. The van der Waals surface area contributed by atoms with Gasteiger partial charge in [-0.2, -0.15) is 8.78 Å². The van der Waals surface area contributed by atoms with Crippen molar-refractivity contribution in [3.8, 4) is 0 Å². The van der Waals surface area contributed by atoms with Gasteiger partial charge in [-0.15, -0.1) is 0 Å². The normalized spacial score (nSPS) is 23.1. The van der Waals surface area contributed by atoms with Crippen LogP contribution in [0.5, 0.6) is 0 Å². The third-order valence-corrected chi connectivity index (χ3v) is 2.10. The lowest BCUT2D eigenvalue weighted by Gasteiger charge is -2.10. The Morgan fingerprint density at radius 2 is 2.24 bits per heavy atom.